The molecule has 0 atom stereocenters. The smallest absolute Gasteiger partial charge is 0.135 e. The summed E-state index contributed by atoms with van der Waals surface area (Å²) in [4.78, 5) is 8.33. The van der Waals surface area contributed by atoms with E-state index in [0.717, 1.165) is 30.6 Å². The molecule has 1 aromatic heterocycles. The van der Waals surface area contributed by atoms with Crippen LogP contribution in [0, 0.1) is 0 Å². The van der Waals surface area contributed by atoms with Crippen molar-refractivity contribution in [1.29, 1.82) is 0 Å². The highest BCUT2D eigenvalue weighted by Crippen LogP contribution is 2.23. The summed E-state index contributed by atoms with van der Waals surface area (Å²) < 4.78 is 0. The Bertz CT molecular complexity index is 347. The third-order valence-electron chi connectivity index (χ3n) is 2.82. The van der Waals surface area contributed by atoms with E-state index in [1.165, 1.54) is 6.33 Å². The molecule has 0 aromatic carbocycles. The fourth-order valence-electron chi connectivity index (χ4n) is 1.44. The Morgan fingerprint density at radius 2 is 2.00 bits per heavy atom. The molecule has 4 nitrogen and oxygen atoms in total. The fourth-order valence-corrected chi connectivity index (χ4v) is 1.44. The van der Waals surface area contributed by atoms with Gasteiger partial charge < -0.3 is 11.1 Å². The number of nitrogens with zero attached hydrogens (tertiary/aromatic N) is 2. The summed E-state index contributed by atoms with van der Waals surface area (Å²) in [7, 11) is 0. The van der Waals surface area contributed by atoms with Crippen molar-refractivity contribution in [3.8, 4) is 0 Å². The Labute approximate surface area is 97.7 Å². The van der Waals surface area contributed by atoms with Crippen LogP contribution >= 0.6 is 0 Å². The first-order chi connectivity index (χ1) is 7.50. The number of nitrogen functional groups attached to an aromatic ring is 1. The Balaban J connectivity index is 2.99. The van der Waals surface area contributed by atoms with Gasteiger partial charge in [-0.3, -0.25) is 0 Å². The molecule has 0 amide bonds. The maximum absolute atomic E-state index is 5.88. The lowest BCUT2D eigenvalue weighted by Crippen LogP contribution is -2.31. The van der Waals surface area contributed by atoms with Crippen molar-refractivity contribution in [3.63, 3.8) is 0 Å². The number of nitrogens with one attached hydrogen (secondary N) is 1. The van der Waals surface area contributed by atoms with Crippen LogP contribution in [0.3, 0.4) is 0 Å². The number of hydrogen-bond donors (Lipinski definition) is 2. The number of rotatable bonds is 5. The second-order valence-electron chi connectivity index (χ2n) is 4.70. The predicted octanol–water partition coefficient (Wildman–Crippen LogP) is 2.61. The Kier molecular flexibility index (Phi) is 4.10. The molecule has 1 aromatic rings. The van der Waals surface area contributed by atoms with Crippen LogP contribution < -0.4 is 11.1 Å². The highest BCUT2D eigenvalue weighted by Gasteiger charge is 2.18. The van der Waals surface area contributed by atoms with Crippen molar-refractivity contribution in [3.05, 3.63) is 11.9 Å². The van der Waals surface area contributed by atoms with Crippen molar-refractivity contribution >= 4 is 11.6 Å². The van der Waals surface area contributed by atoms with E-state index in [0.29, 0.717) is 5.82 Å². The third-order valence-corrected chi connectivity index (χ3v) is 2.82. The SMILES string of the molecule is CCCc1c(N)ncnc1NC(C)(C)CC. The number of nitrogens with two attached hydrogens (primary N) is 1. The third kappa shape index (κ3) is 3.08. The zero-order valence-electron chi connectivity index (χ0n) is 10.7. The van der Waals surface area contributed by atoms with Crippen LogP contribution in [0.25, 0.3) is 0 Å². The van der Waals surface area contributed by atoms with Crippen molar-refractivity contribution in [1.82, 2.24) is 9.97 Å². The van der Waals surface area contributed by atoms with Gasteiger partial charge in [-0.2, -0.15) is 0 Å². The first-order valence-electron chi connectivity index (χ1n) is 5.87. The molecule has 3 N–H and O–H groups in total. The van der Waals surface area contributed by atoms with Crippen molar-refractivity contribution in [2.75, 3.05) is 11.1 Å². The molecule has 0 saturated heterocycles. The molecule has 0 unspecified atom stereocenters. The first-order valence-corrected chi connectivity index (χ1v) is 5.87. The van der Waals surface area contributed by atoms with Gasteiger partial charge in [-0.25, -0.2) is 9.97 Å². The van der Waals surface area contributed by atoms with E-state index in [9.17, 15) is 0 Å². The second kappa shape index (κ2) is 5.14. The molecule has 0 aliphatic heterocycles. The highest BCUT2D eigenvalue weighted by molar-refractivity contribution is 5.55. The lowest BCUT2D eigenvalue weighted by molar-refractivity contribution is 0.543. The number of hydrogen-bond acceptors (Lipinski definition) is 4. The maximum Gasteiger partial charge on any atom is 0.135 e. The molecule has 1 heterocycles. The van der Waals surface area contributed by atoms with Gasteiger partial charge in [0.05, 0.1) is 0 Å². The van der Waals surface area contributed by atoms with Crippen molar-refractivity contribution < 1.29 is 0 Å². The molecule has 16 heavy (non-hydrogen) atoms. The van der Waals surface area contributed by atoms with Crippen LogP contribution in [0.2, 0.25) is 0 Å². The van der Waals surface area contributed by atoms with E-state index in [2.05, 4.69) is 43.0 Å². The minimum absolute atomic E-state index is 0.0310. The topological polar surface area (TPSA) is 63.8 Å². The summed E-state index contributed by atoms with van der Waals surface area (Å²) in [5, 5.41) is 3.43. The molecule has 0 bridgehead atoms. The van der Waals surface area contributed by atoms with Gasteiger partial charge in [0.15, 0.2) is 0 Å². The van der Waals surface area contributed by atoms with Crippen LogP contribution in [0.1, 0.15) is 46.1 Å². The summed E-state index contributed by atoms with van der Waals surface area (Å²) in [6.45, 7) is 8.58. The molecule has 0 radical (unpaired) electrons. The number of anilines is 2. The van der Waals surface area contributed by atoms with Crippen LogP contribution in [0.4, 0.5) is 11.6 Å². The van der Waals surface area contributed by atoms with Crippen LogP contribution in [-0.4, -0.2) is 15.5 Å². The zero-order chi connectivity index (χ0) is 12.2. The van der Waals surface area contributed by atoms with Gasteiger partial charge in [0, 0.05) is 11.1 Å². The molecule has 90 valence electrons. The van der Waals surface area contributed by atoms with E-state index in [1.807, 2.05) is 0 Å². The Hall–Kier alpha value is -1.32. The van der Waals surface area contributed by atoms with Crippen LogP contribution in [-0.2, 0) is 6.42 Å². The average Bonchev–Trinajstić information content (AvgIpc) is 2.23. The van der Waals surface area contributed by atoms with E-state index < -0.39 is 0 Å². The standard InChI is InChI=1S/C12H22N4/c1-5-7-9-10(13)14-8-15-11(9)16-12(3,4)6-2/h8H,5-7H2,1-4H3,(H3,13,14,15,16). The van der Waals surface area contributed by atoms with E-state index >= 15 is 0 Å². The average molecular weight is 222 g/mol. The fraction of sp³-hybridized carbons (Fsp3) is 0.667. The normalized spacial score (nSPS) is 11.5. The molecule has 0 aliphatic rings. The summed E-state index contributed by atoms with van der Waals surface area (Å²) in [6, 6.07) is 0. The summed E-state index contributed by atoms with van der Waals surface area (Å²) in [6.07, 6.45) is 4.50. The second-order valence-corrected chi connectivity index (χ2v) is 4.70. The van der Waals surface area contributed by atoms with Gasteiger partial charge in [-0.05, 0) is 26.7 Å². The quantitative estimate of drug-likeness (QED) is 0.803. The van der Waals surface area contributed by atoms with Gasteiger partial charge in [-0.1, -0.05) is 20.3 Å². The number of aromatic nitrogens is 2. The molecular formula is C12H22N4. The monoisotopic (exact) mass is 222 g/mol. The first kappa shape index (κ1) is 12.7. The Morgan fingerprint density at radius 3 is 2.56 bits per heavy atom. The summed E-state index contributed by atoms with van der Waals surface area (Å²) in [5.41, 5.74) is 6.94. The molecule has 1 rings (SSSR count). The minimum atomic E-state index is 0.0310. The molecule has 0 aliphatic carbocycles. The summed E-state index contributed by atoms with van der Waals surface area (Å²) >= 11 is 0. The largest absolute Gasteiger partial charge is 0.383 e. The van der Waals surface area contributed by atoms with Gasteiger partial charge >= 0.3 is 0 Å². The predicted molar refractivity (Wildman–Crippen MR) is 68.4 cm³/mol. The molecule has 4 heteroatoms. The zero-order valence-corrected chi connectivity index (χ0v) is 10.7. The highest BCUT2D eigenvalue weighted by atomic mass is 15.1. The maximum atomic E-state index is 5.88. The molecular weight excluding hydrogens is 200 g/mol. The van der Waals surface area contributed by atoms with E-state index in [4.69, 9.17) is 5.73 Å². The van der Waals surface area contributed by atoms with E-state index in [1.54, 1.807) is 0 Å². The minimum Gasteiger partial charge on any atom is -0.383 e. The van der Waals surface area contributed by atoms with Gasteiger partial charge in [0.2, 0.25) is 0 Å². The van der Waals surface area contributed by atoms with Crippen LogP contribution in [0.15, 0.2) is 6.33 Å². The van der Waals surface area contributed by atoms with Gasteiger partial charge in [0.25, 0.3) is 0 Å². The van der Waals surface area contributed by atoms with Gasteiger partial charge in [0.1, 0.15) is 18.0 Å². The molecule has 0 fully saturated rings. The Morgan fingerprint density at radius 1 is 1.31 bits per heavy atom. The van der Waals surface area contributed by atoms with E-state index in [-0.39, 0.29) is 5.54 Å². The van der Waals surface area contributed by atoms with Crippen LogP contribution in [0.5, 0.6) is 0 Å². The molecule has 0 saturated carbocycles. The lowest BCUT2D eigenvalue weighted by Gasteiger charge is -2.26. The van der Waals surface area contributed by atoms with Crippen molar-refractivity contribution in [2.24, 2.45) is 0 Å². The summed E-state index contributed by atoms with van der Waals surface area (Å²) in [5.74, 6) is 1.47. The van der Waals surface area contributed by atoms with Crippen molar-refractivity contribution in [2.45, 2.75) is 52.5 Å². The van der Waals surface area contributed by atoms with Gasteiger partial charge in [-0.15, -0.1) is 0 Å². The molecule has 0 spiro atoms. The lowest BCUT2D eigenvalue weighted by atomic mass is 10.0.